The lowest BCUT2D eigenvalue weighted by atomic mass is 9.75. The van der Waals surface area contributed by atoms with Crippen LogP contribution in [0.5, 0.6) is 0 Å². The molecule has 3 aromatic rings. The third-order valence-corrected chi connectivity index (χ3v) is 7.28. The maximum atomic E-state index is 13.6. The average molecular weight is 371 g/mol. The molecule has 3 atom stereocenters. The van der Waals surface area contributed by atoms with Crippen LogP contribution >= 0.6 is 0 Å². The number of benzene rings is 2. The fourth-order valence-corrected chi connectivity index (χ4v) is 6.00. The van der Waals surface area contributed by atoms with E-state index in [1.807, 2.05) is 30.5 Å². The van der Waals surface area contributed by atoms with Crippen molar-refractivity contribution in [2.75, 3.05) is 19.6 Å². The van der Waals surface area contributed by atoms with E-state index in [1.54, 1.807) is 0 Å². The number of hydrogen-bond acceptors (Lipinski definition) is 2. The van der Waals surface area contributed by atoms with Gasteiger partial charge >= 0.3 is 0 Å². The summed E-state index contributed by atoms with van der Waals surface area (Å²) in [7, 11) is 0. The Morgan fingerprint density at radius 1 is 0.964 bits per heavy atom. The fraction of sp³-hybridized carbons (Fsp3) is 0.375. The molecule has 0 unspecified atom stereocenters. The second-order valence-corrected chi connectivity index (χ2v) is 8.61. The minimum Gasteiger partial charge on any atom is -0.361 e. The van der Waals surface area contributed by atoms with E-state index >= 15 is 0 Å². The molecule has 5 heterocycles. The van der Waals surface area contributed by atoms with Crippen molar-refractivity contribution in [2.24, 2.45) is 5.92 Å². The summed E-state index contributed by atoms with van der Waals surface area (Å²) in [6.07, 6.45) is 4.39. The molecule has 2 aromatic carbocycles. The highest BCUT2D eigenvalue weighted by atomic mass is 16.2. The van der Waals surface area contributed by atoms with Crippen LogP contribution in [0, 0.1) is 5.92 Å². The lowest BCUT2D eigenvalue weighted by Gasteiger charge is -2.51. The molecular weight excluding hydrogens is 346 g/mol. The third kappa shape index (κ3) is 2.37. The van der Waals surface area contributed by atoms with Crippen LogP contribution in [0.4, 0.5) is 0 Å². The summed E-state index contributed by atoms with van der Waals surface area (Å²) in [5.41, 5.74) is 3.28. The van der Waals surface area contributed by atoms with E-state index in [9.17, 15) is 4.79 Å². The van der Waals surface area contributed by atoms with E-state index in [4.69, 9.17) is 0 Å². The van der Waals surface area contributed by atoms with Crippen molar-refractivity contribution >= 4 is 16.8 Å². The van der Waals surface area contributed by atoms with E-state index in [1.165, 1.54) is 31.5 Å². The van der Waals surface area contributed by atoms with Gasteiger partial charge < -0.3 is 9.88 Å². The Kier molecular flexibility index (Phi) is 3.63. The predicted molar refractivity (Wildman–Crippen MR) is 110 cm³/mol. The molecule has 4 aliphatic rings. The molecule has 0 aliphatic carbocycles. The lowest BCUT2D eigenvalue weighted by Crippen LogP contribution is -2.60. The van der Waals surface area contributed by atoms with Gasteiger partial charge in [0.15, 0.2) is 0 Å². The first kappa shape index (κ1) is 16.4. The van der Waals surface area contributed by atoms with E-state index in [0.717, 1.165) is 23.0 Å². The molecule has 4 nitrogen and oxygen atoms in total. The first-order valence-corrected chi connectivity index (χ1v) is 10.5. The van der Waals surface area contributed by atoms with Gasteiger partial charge in [0, 0.05) is 41.2 Å². The van der Waals surface area contributed by atoms with E-state index < -0.39 is 0 Å². The Hall–Kier alpha value is -2.59. The Bertz CT molecular complexity index is 1020. The molecular formula is C24H25N3O. The molecule has 1 N–H and O–H groups in total. The molecule has 142 valence electrons. The van der Waals surface area contributed by atoms with Crippen LogP contribution in [0.2, 0.25) is 0 Å². The zero-order chi connectivity index (χ0) is 18.7. The standard InChI is InChI=1S/C24H25N3O/c28-24(19-6-7-21-18(14-19)8-11-25-21)27-15-20(16-4-2-1-3-5-16)23-22(27)17-9-12-26(23)13-10-17/h1-8,11,14,17,20,22-23,25H,9-10,12-13,15H2/t20-,22+,23+/m1/s1. The number of nitrogens with one attached hydrogen (secondary N) is 1. The van der Waals surface area contributed by atoms with Crippen molar-refractivity contribution in [1.82, 2.24) is 14.8 Å². The number of hydrogen-bond donors (Lipinski definition) is 1. The first-order chi connectivity index (χ1) is 13.8. The van der Waals surface area contributed by atoms with Crippen molar-refractivity contribution in [2.45, 2.75) is 30.8 Å². The quantitative estimate of drug-likeness (QED) is 0.743. The first-order valence-electron chi connectivity index (χ1n) is 10.5. The Morgan fingerprint density at radius 3 is 2.61 bits per heavy atom. The molecule has 4 aliphatic heterocycles. The highest BCUT2D eigenvalue weighted by Crippen LogP contribution is 2.46. The molecule has 0 spiro atoms. The van der Waals surface area contributed by atoms with E-state index in [2.05, 4.69) is 45.1 Å². The fourth-order valence-electron chi connectivity index (χ4n) is 6.00. The monoisotopic (exact) mass is 371 g/mol. The highest BCUT2D eigenvalue weighted by molar-refractivity contribution is 5.98. The van der Waals surface area contributed by atoms with Crippen molar-refractivity contribution in [3.63, 3.8) is 0 Å². The minimum atomic E-state index is 0.199. The van der Waals surface area contributed by atoms with Gasteiger partial charge in [-0.3, -0.25) is 9.69 Å². The van der Waals surface area contributed by atoms with Crippen molar-refractivity contribution in [1.29, 1.82) is 0 Å². The average Bonchev–Trinajstić information content (AvgIpc) is 3.40. The van der Waals surface area contributed by atoms with Gasteiger partial charge in [0.25, 0.3) is 5.91 Å². The van der Waals surface area contributed by atoms with Crippen molar-refractivity contribution < 1.29 is 4.79 Å². The molecule has 4 heteroatoms. The predicted octanol–water partition coefficient (Wildman–Crippen LogP) is 3.87. The molecule has 0 radical (unpaired) electrons. The van der Waals surface area contributed by atoms with Crippen LogP contribution in [-0.2, 0) is 0 Å². The minimum absolute atomic E-state index is 0.199. The summed E-state index contributed by atoms with van der Waals surface area (Å²) in [6, 6.07) is 19.7. The zero-order valence-electron chi connectivity index (χ0n) is 15.9. The zero-order valence-corrected chi connectivity index (χ0v) is 15.9. The molecule has 28 heavy (non-hydrogen) atoms. The lowest BCUT2D eigenvalue weighted by molar-refractivity contribution is -0.00340. The number of rotatable bonds is 2. The van der Waals surface area contributed by atoms with Gasteiger partial charge in [-0.05, 0) is 61.7 Å². The number of aromatic amines is 1. The van der Waals surface area contributed by atoms with Crippen LogP contribution in [0.3, 0.4) is 0 Å². The largest absolute Gasteiger partial charge is 0.361 e. The Labute approximate surface area is 165 Å². The maximum Gasteiger partial charge on any atom is 0.254 e. The number of carbonyl (C=O) groups excluding carboxylic acids is 1. The van der Waals surface area contributed by atoms with E-state index in [-0.39, 0.29) is 5.91 Å². The SMILES string of the molecule is O=C(c1ccc2[nH]ccc2c1)N1C[C@H](c2ccccc2)[C@H]2[C@@H]1C1CCN2CC1. The number of piperidine rings is 3. The molecule has 1 amide bonds. The van der Waals surface area contributed by atoms with Gasteiger partial charge in [-0.25, -0.2) is 0 Å². The number of likely N-dealkylation sites (tertiary alicyclic amines) is 1. The molecule has 4 fully saturated rings. The van der Waals surface area contributed by atoms with Gasteiger partial charge in [0.1, 0.15) is 0 Å². The molecule has 1 aromatic heterocycles. The van der Waals surface area contributed by atoms with Crippen LogP contribution in [0.25, 0.3) is 10.9 Å². The number of carbonyl (C=O) groups is 1. The van der Waals surface area contributed by atoms with Gasteiger partial charge in [0.05, 0.1) is 6.04 Å². The summed E-state index contributed by atoms with van der Waals surface area (Å²) in [5.74, 6) is 1.25. The Balaban J connectivity index is 1.39. The van der Waals surface area contributed by atoms with Crippen LogP contribution in [0.1, 0.15) is 34.7 Å². The third-order valence-electron chi connectivity index (χ3n) is 7.28. The van der Waals surface area contributed by atoms with Crippen LogP contribution < -0.4 is 0 Å². The second kappa shape index (κ2) is 6.21. The number of amides is 1. The topological polar surface area (TPSA) is 39.3 Å². The van der Waals surface area contributed by atoms with Crippen molar-refractivity contribution in [3.8, 4) is 0 Å². The van der Waals surface area contributed by atoms with Gasteiger partial charge in [-0.2, -0.15) is 0 Å². The van der Waals surface area contributed by atoms with Gasteiger partial charge in [0.2, 0.25) is 0 Å². The maximum absolute atomic E-state index is 13.6. The number of nitrogens with zero attached hydrogens (tertiary/aromatic N) is 2. The van der Waals surface area contributed by atoms with Crippen LogP contribution in [-0.4, -0.2) is 52.4 Å². The van der Waals surface area contributed by atoms with Gasteiger partial charge in [-0.1, -0.05) is 30.3 Å². The molecule has 0 saturated carbocycles. The molecule has 7 rings (SSSR count). The number of aromatic nitrogens is 1. The summed E-state index contributed by atoms with van der Waals surface area (Å²) < 4.78 is 0. The molecule has 4 saturated heterocycles. The Morgan fingerprint density at radius 2 is 1.79 bits per heavy atom. The number of H-pyrrole nitrogens is 1. The summed E-state index contributed by atoms with van der Waals surface area (Å²) in [5, 5.41) is 1.11. The van der Waals surface area contributed by atoms with Crippen molar-refractivity contribution in [3.05, 3.63) is 71.9 Å². The second-order valence-electron chi connectivity index (χ2n) is 8.61. The van der Waals surface area contributed by atoms with Crippen LogP contribution in [0.15, 0.2) is 60.8 Å². The highest BCUT2D eigenvalue weighted by Gasteiger charge is 2.54. The summed E-state index contributed by atoms with van der Waals surface area (Å²) >= 11 is 0. The number of fused-ring (bicyclic) bond motifs is 3. The van der Waals surface area contributed by atoms with E-state index in [0.29, 0.717) is 23.9 Å². The summed E-state index contributed by atoms with van der Waals surface area (Å²) in [6.45, 7) is 3.20. The molecule has 2 bridgehead atoms. The summed E-state index contributed by atoms with van der Waals surface area (Å²) in [4.78, 5) is 21.7. The smallest absolute Gasteiger partial charge is 0.254 e. The van der Waals surface area contributed by atoms with Gasteiger partial charge in [-0.15, -0.1) is 0 Å². The normalized spacial score (nSPS) is 31.3.